The van der Waals surface area contributed by atoms with Crippen LogP contribution in [0.15, 0.2) is 59.6 Å². The van der Waals surface area contributed by atoms with E-state index in [1.807, 2.05) is 6.07 Å². The number of fused-ring (bicyclic) bond motifs is 1. The minimum Gasteiger partial charge on any atom is -0.339 e. The van der Waals surface area contributed by atoms with Gasteiger partial charge in [0.15, 0.2) is 0 Å². The fourth-order valence-electron chi connectivity index (χ4n) is 3.79. The molecule has 0 aliphatic carbocycles. The zero-order chi connectivity index (χ0) is 22.9. The number of carbonyl (C=O) groups excluding carboxylic acids is 1. The van der Waals surface area contributed by atoms with E-state index in [9.17, 15) is 28.6 Å². The summed E-state index contributed by atoms with van der Waals surface area (Å²) in [6.07, 6.45) is 1.70. The quantitative estimate of drug-likeness (QED) is 0.429. The number of nitrogens with zero attached hydrogens (tertiary/aromatic N) is 5. The molecule has 2 aromatic carbocycles. The van der Waals surface area contributed by atoms with Gasteiger partial charge in [-0.2, -0.15) is 9.57 Å². The molecule has 1 fully saturated rings. The van der Waals surface area contributed by atoms with Crippen molar-refractivity contribution in [3.63, 3.8) is 0 Å². The van der Waals surface area contributed by atoms with Gasteiger partial charge >= 0.3 is 0 Å². The molecule has 32 heavy (non-hydrogen) atoms. The van der Waals surface area contributed by atoms with Crippen molar-refractivity contribution in [2.75, 3.05) is 26.2 Å². The molecular weight excluding hydrogens is 434 g/mol. The average Bonchev–Trinajstić information content (AvgIpc) is 3.21. The van der Waals surface area contributed by atoms with Crippen molar-refractivity contribution in [3.8, 4) is 6.07 Å². The van der Waals surface area contributed by atoms with Crippen LogP contribution in [0.25, 0.3) is 10.9 Å². The summed E-state index contributed by atoms with van der Waals surface area (Å²) in [7, 11) is -3.83. The fraction of sp³-hybridized carbons (Fsp3) is 0.238. The van der Waals surface area contributed by atoms with E-state index in [1.165, 1.54) is 28.6 Å². The Balaban J connectivity index is 1.43. The molecule has 0 bridgehead atoms. The summed E-state index contributed by atoms with van der Waals surface area (Å²) in [5.41, 5.74) is 0.779. The maximum Gasteiger partial charge on any atom is 0.270 e. The predicted octanol–water partition coefficient (Wildman–Crippen LogP) is 1.95. The van der Waals surface area contributed by atoms with Crippen LogP contribution in [-0.2, 0) is 21.4 Å². The number of sulfonamides is 1. The summed E-state index contributed by atoms with van der Waals surface area (Å²) in [5, 5.41) is 20.8. The minimum atomic E-state index is -3.83. The van der Waals surface area contributed by atoms with Gasteiger partial charge in [-0.3, -0.25) is 14.9 Å². The molecule has 0 atom stereocenters. The number of carbonyl (C=O) groups is 1. The third kappa shape index (κ3) is 3.93. The number of piperazine rings is 1. The molecular formula is C21H19N5O5S. The molecule has 1 aliphatic rings. The number of nitro groups is 1. The van der Waals surface area contributed by atoms with Crippen LogP contribution < -0.4 is 0 Å². The number of nitro benzene ring substituents is 1. The van der Waals surface area contributed by atoms with Gasteiger partial charge in [0, 0.05) is 55.4 Å². The summed E-state index contributed by atoms with van der Waals surface area (Å²) in [5.74, 6) is -0.171. The lowest BCUT2D eigenvalue weighted by Crippen LogP contribution is -2.51. The van der Waals surface area contributed by atoms with E-state index in [0.29, 0.717) is 10.9 Å². The Morgan fingerprint density at radius 3 is 2.50 bits per heavy atom. The Hall–Kier alpha value is -3.75. The first-order chi connectivity index (χ1) is 15.3. The number of amides is 1. The summed E-state index contributed by atoms with van der Waals surface area (Å²) in [6, 6.07) is 14.1. The zero-order valence-electron chi connectivity index (χ0n) is 16.9. The zero-order valence-corrected chi connectivity index (χ0v) is 17.7. The molecule has 3 aromatic rings. The van der Waals surface area contributed by atoms with Gasteiger partial charge in [0.05, 0.1) is 15.4 Å². The smallest absolute Gasteiger partial charge is 0.270 e. The van der Waals surface area contributed by atoms with Crippen LogP contribution in [0.2, 0.25) is 0 Å². The van der Waals surface area contributed by atoms with E-state index in [2.05, 4.69) is 0 Å². The number of aromatic nitrogens is 1. The molecule has 4 rings (SSSR count). The first-order valence-electron chi connectivity index (χ1n) is 9.81. The Bertz CT molecular complexity index is 1350. The number of nitriles is 1. The summed E-state index contributed by atoms with van der Waals surface area (Å²) in [6.45, 7) is 0.777. The fourth-order valence-corrected chi connectivity index (χ4v) is 5.35. The van der Waals surface area contributed by atoms with Crippen molar-refractivity contribution in [1.29, 1.82) is 5.26 Å². The molecule has 0 N–H and O–H groups in total. The lowest BCUT2D eigenvalue weighted by Gasteiger charge is -2.34. The van der Waals surface area contributed by atoms with E-state index in [0.717, 1.165) is 0 Å². The van der Waals surface area contributed by atoms with Crippen LogP contribution in [0.5, 0.6) is 0 Å². The number of hydrogen-bond donors (Lipinski definition) is 0. The highest BCUT2D eigenvalue weighted by Gasteiger charge is 2.31. The standard InChI is InChI=1S/C21H19N5O5S/c22-14-17-3-1-2-4-20(17)32(30,31)25-11-9-23(10-12-25)21(27)15-24-8-7-16-13-18(26(28)29)5-6-19(16)24/h1-8,13H,9-12,15H2. The van der Waals surface area contributed by atoms with Gasteiger partial charge in [-0.1, -0.05) is 12.1 Å². The Kier molecular flexibility index (Phi) is 5.65. The Morgan fingerprint density at radius 1 is 1.09 bits per heavy atom. The molecule has 11 heteroatoms. The second kappa shape index (κ2) is 8.41. The third-order valence-corrected chi connectivity index (χ3v) is 7.44. The van der Waals surface area contributed by atoms with Gasteiger partial charge in [0.1, 0.15) is 12.6 Å². The Morgan fingerprint density at radius 2 is 1.81 bits per heavy atom. The van der Waals surface area contributed by atoms with Crippen molar-refractivity contribution in [2.24, 2.45) is 0 Å². The largest absolute Gasteiger partial charge is 0.339 e. The lowest BCUT2D eigenvalue weighted by molar-refractivity contribution is -0.384. The van der Waals surface area contributed by atoms with Gasteiger partial charge in [0.25, 0.3) is 5.69 Å². The highest BCUT2D eigenvalue weighted by atomic mass is 32.2. The molecule has 1 aliphatic heterocycles. The summed E-state index contributed by atoms with van der Waals surface area (Å²) < 4.78 is 28.9. The summed E-state index contributed by atoms with van der Waals surface area (Å²) >= 11 is 0. The second-order valence-corrected chi connectivity index (χ2v) is 9.24. The first-order valence-corrected chi connectivity index (χ1v) is 11.3. The molecule has 0 radical (unpaired) electrons. The molecule has 10 nitrogen and oxygen atoms in total. The normalized spacial score (nSPS) is 14.9. The minimum absolute atomic E-state index is 0.0168. The molecule has 1 saturated heterocycles. The summed E-state index contributed by atoms with van der Waals surface area (Å²) in [4.78, 5) is 24.8. The van der Waals surface area contributed by atoms with Crippen LogP contribution in [0, 0.1) is 21.4 Å². The van der Waals surface area contributed by atoms with Gasteiger partial charge in [0.2, 0.25) is 15.9 Å². The van der Waals surface area contributed by atoms with Crippen LogP contribution in [0.4, 0.5) is 5.69 Å². The molecule has 0 spiro atoms. The van der Waals surface area contributed by atoms with E-state index in [4.69, 9.17) is 0 Å². The van der Waals surface area contributed by atoms with E-state index in [-0.39, 0.29) is 54.8 Å². The number of non-ortho nitro benzene ring substituents is 1. The van der Waals surface area contributed by atoms with Crippen molar-refractivity contribution in [1.82, 2.24) is 13.8 Å². The van der Waals surface area contributed by atoms with Crippen LogP contribution in [0.1, 0.15) is 5.56 Å². The maximum atomic E-state index is 12.9. The van der Waals surface area contributed by atoms with E-state index >= 15 is 0 Å². The SMILES string of the molecule is N#Cc1ccccc1S(=O)(=O)N1CCN(C(=O)Cn2ccc3cc([N+](=O)[O-])ccc32)CC1. The van der Waals surface area contributed by atoms with Crippen LogP contribution >= 0.6 is 0 Å². The highest BCUT2D eigenvalue weighted by molar-refractivity contribution is 7.89. The molecule has 0 unspecified atom stereocenters. The number of hydrogen-bond acceptors (Lipinski definition) is 6. The van der Waals surface area contributed by atoms with Crippen molar-refractivity contribution >= 4 is 32.5 Å². The topological polar surface area (TPSA) is 130 Å². The first kappa shape index (κ1) is 21.5. The monoisotopic (exact) mass is 453 g/mol. The molecule has 0 saturated carbocycles. The Labute approximate surface area is 184 Å². The second-order valence-electron chi connectivity index (χ2n) is 7.34. The molecule has 2 heterocycles. The number of benzene rings is 2. The maximum absolute atomic E-state index is 12.9. The third-order valence-electron chi connectivity index (χ3n) is 5.49. The van der Waals surface area contributed by atoms with E-state index in [1.54, 1.807) is 39.9 Å². The van der Waals surface area contributed by atoms with Crippen molar-refractivity contribution in [3.05, 3.63) is 70.4 Å². The van der Waals surface area contributed by atoms with Crippen molar-refractivity contribution in [2.45, 2.75) is 11.4 Å². The van der Waals surface area contributed by atoms with Gasteiger partial charge in [-0.05, 0) is 24.3 Å². The average molecular weight is 453 g/mol. The van der Waals surface area contributed by atoms with Gasteiger partial charge in [-0.15, -0.1) is 0 Å². The van der Waals surface area contributed by atoms with E-state index < -0.39 is 14.9 Å². The van der Waals surface area contributed by atoms with Crippen LogP contribution in [0.3, 0.4) is 0 Å². The predicted molar refractivity (Wildman–Crippen MR) is 115 cm³/mol. The highest BCUT2D eigenvalue weighted by Crippen LogP contribution is 2.23. The van der Waals surface area contributed by atoms with Gasteiger partial charge < -0.3 is 9.47 Å². The van der Waals surface area contributed by atoms with Crippen LogP contribution in [-0.4, -0.2) is 59.2 Å². The van der Waals surface area contributed by atoms with Gasteiger partial charge in [-0.25, -0.2) is 8.42 Å². The molecule has 164 valence electrons. The molecule has 1 aromatic heterocycles. The lowest BCUT2D eigenvalue weighted by atomic mass is 10.2. The van der Waals surface area contributed by atoms with Crippen molar-refractivity contribution < 1.29 is 18.1 Å². The molecule has 1 amide bonds. The number of rotatable bonds is 5.